The Morgan fingerprint density at radius 3 is 2.75 bits per heavy atom. The van der Waals surface area contributed by atoms with Gasteiger partial charge in [0.15, 0.2) is 0 Å². The van der Waals surface area contributed by atoms with Gasteiger partial charge in [-0.1, -0.05) is 29.8 Å². The number of nitrogens with zero attached hydrogens (tertiary/aromatic N) is 2. The van der Waals surface area contributed by atoms with Crippen LogP contribution < -0.4 is 0 Å². The van der Waals surface area contributed by atoms with Crippen molar-refractivity contribution in [3.63, 3.8) is 0 Å². The molecule has 2 heterocycles. The fraction of sp³-hybridized carbons (Fsp3) is 0.333. The van der Waals surface area contributed by atoms with Crippen molar-refractivity contribution in [2.24, 2.45) is 0 Å². The topological polar surface area (TPSA) is 25.8 Å². The lowest BCUT2D eigenvalue weighted by Gasteiger charge is -2.01. The highest BCUT2D eigenvalue weighted by Crippen LogP contribution is 2.32. The number of hydrogen-bond acceptors (Lipinski definition) is 3. The lowest BCUT2D eigenvalue weighted by molar-refractivity contribution is 0.825. The summed E-state index contributed by atoms with van der Waals surface area (Å²) in [5.74, 6) is 0.467. The highest BCUT2D eigenvalue weighted by atomic mass is 79.9. The summed E-state index contributed by atoms with van der Waals surface area (Å²) in [7, 11) is 0. The van der Waals surface area contributed by atoms with E-state index in [4.69, 9.17) is 4.98 Å². The lowest BCUT2D eigenvalue weighted by atomic mass is 10.1. The standard InChI is InChI=1S/C12H13BrN2S/c1-8(2)11-10(6-13)16-12(15-11)9-4-3-5-14-7-9/h3-5,7-8H,6H2,1-2H3. The van der Waals surface area contributed by atoms with Gasteiger partial charge < -0.3 is 0 Å². The van der Waals surface area contributed by atoms with Gasteiger partial charge in [-0.05, 0) is 18.1 Å². The van der Waals surface area contributed by atoms with Crippen molar-refractivity contribution in [2.75, 3.05) is 0 Å². The molecule has 84 valence electrons. The van der Waals surface area contributed by atoms with Crippen LogP contribution in [0.25, 0.3) is 10.6 Å². The van der Waals surface area contributed by atoms with E-state index >= 15 is 0 Å². The first kappa shape index (κ1) is 11.7. The second-order valence-electron chi connectivity index (χ2n) is 3.86. The SMILES string of the molecule is CC(C)c1nc(-c2cccnc2)sc1CBr. The summed E-state index contributed by atoms with van der Waals surface area (Å²) in [6.45, 7) is 4.35. The van der Waals surface area contributed by atoms with Crippen LogP contribution in [-0.4, -0.2) is 9.97 Å². The van der Waals surface area contributed by atoms with Crippen LogP contribution in [-0.2, 0) is 5.33 Å². The van der Waals surface area contributed by atoms with Crippen molar-refractivity contribution in [3.05, 3.63) is 35.1 Å². The quantitative estimate of drug-likeness (QED) is 0.793. The normalized spacial score (nSPS) is 11.0. The van der Waals surface area contributed by atoms with E-state index in [-0.39, 0.29) is 0 Å². The molecule has 0 aliphatic rings. The Morgan fingerprint density at radius 2 is 2.25 bits per heavy atom. The minimum atomic E-state index is 0.467. The molecule has 0 aromatic carbocycles. The Bertz CT molecular complexity index is 465. The van der Waals surface area contributed by atoms with Crippen LogP contribution in [0, 0.1) is 0 Å². The fourth-order valence-electron chi connectivity index (χ4n) is 1.52. The predicted octanol–water partition coefficient (Wildman–Crippen LogP) is 4.22. The van der Waals surface area contributed by atoms with Gasteiger partial charge in [0.25, 0.3) is 0 Å². The second kappa shape index (κ2) is 5.06. The molecule has 4 heteroatoms. The van der Waals surface area contributed by atoms with Crippen molar-refractivity contribution in [1.29, 1.82) is 0 Å². The molecule has 0 saturated carbocycles. The molecule has 0 saturated heterocycles. The highest BCUT2D eigenvalue weighted by molar-refractivity contribution is 9.08. The van der Waals surface area contributed by atoms with Crippen LogP contribution in [0.4, 0.5) is 0 Å². The summed E-state index contributed by atoms with van der Waals surface area (Å²) >= 11 is 5.26. The number of pyridine rings is 1. The molecule has 0 fully saturated rings. The van der Waals surface area contributed by atoms with Crippen LogP contribution in [0.3, 0.4) is 0 Å². The third-order valence-corrected chi connectivity index (χ3v) is 4.36. The molecule has 0 radical (unpaired) electrons. The van der Waals surface area contributed by atoms with Gasteiger partial charge in [0, 0.05) is 28.2 Å². The van der Waals surface area contributed by atoms with E-state index in [9.17, 15) is 0 Å². The third-order valence-electron chi connectivity index (χ3n) is 2.30. The molecule has 0 N–H and O–H groups in total. The first-order valence-corrected chi connectivity index (χ1v) is 7.12. The molecule has 2 nitrogen and oxygen atoms in total. The number of rotatable bonds is 3. The highest BCUT2D eigenvalue weighted by Gasteiger charge is 2.14. The van der Waals surface area contributed by atoms with E-state index in [1.807, 2.05) is 18.3 Å². The Morgan fingerprint density at radius 1 is 1.44 bits per heavy atom. The summed E-state index contributed by atoms with van der Waals surface area (Å²) in [6.07, 6.45) is 3.65. The van der Waals surface area contributed by atoms with Crippen LogP contribution >= 0.6 is 27.3 Å². The number of aromatic nitrogens is 2. The Labute approximate surface area is 108 Å². The maximum Gasteiger partial charge on any atom is 0.125 e. The second-order valence-corrected chi connectivity index (χ2v) is 5.50. The van der Waals surface area contributed by atoms with Crippen LogP contribution in [0.1, 0.15) is 30.3 Å². The molecule has 2 aromatic heterocycles. The van der Waals surface area contributed by atoms with Crippen molar-refractivity contribution < 1.29 is 0 Å². The summed E-state index contributed by atoms with van der Waals surface area (Å²) in [4.78, 5) is 10.1. The predicted molar refractivity (Wildman–Crippen MR) is 72.1 cm³/mol. The first-order chi connectivity index (χ1) is 7.72. The summed E-state index contributed by atoms with van der Waals surface area (Å²) < 4.78 is 0. The minimum absolute atomic E-state index is 0.467. The number of hydrogen-bond donors (Lipinski definition) is 0. The smallest absolute Gasteiger partial charge is 0.125 e. The minimum Gasteiger partial charge on any atom is -0.264 e. The molecule has 0 amide bonds. The van der Waals surface area contributed by atoms with Gasteiger partial charge in [0.2, 0.25) is 0 Å². The van der Waals surface area contributed by atoms with Crippen molar-refractivity contribution in [1.82, 2.24) is 9.97 Å². The van der Waals surface area contributed by atoms with Crippen LogP contribution in [0.15, 0.2) is 24.5 Å². The molecular formula is C12H13BrN2S. The van der Waals surface area contributed by atoms with E-state index < -0.39 is 0 Å². The molecule has 0 atom stereocenters. The zero-order valence-electron chi connectivity index (χ0n) is 9.27. The molecule has 0 bridgehead atoms. The van der Waals surface area contributed by atoms with E-state index in [0.717, 1.165) is 15.9 Å². The maximum absolute atomic E-state index is 4.70. The molecule has 0 spiro atoms. The largest absolute Gasteiger partial charge is 0.264 e. The Hall–Kier alpha value is -0.740. The van der Waals surface area contributed by atoms with Crippen molar-refractivity contribution in [3.8, 4) is 10.6 Å². The van der Waals surface area contributed by atoms with Gasteiger partial charge in [-0.3, -0.25) is 4.98 Å². The maximum atomic E-state index is 4.70. The average Bonchev–Trinajstić information content (AvgIpc) is 2.74. The van der Waals surface area contributed by atoms with E-state index in [1.54, 1.807) is 17.5 Å². The third kappa shape index (κ3) is 2.33. The van der Waals surface area contributed by atoms with Gasteiger partial charge in [0.1, 0.15) is 5.01 Å². The van der Waals surface area contributed by atoms with E-state index in [2.05, 4.69) is 34.8 Å². The zero-order chi connectivity index (χ0) is 11.5. The number of alkyl halides is 1. The fourth-order valence-corrected chi connectivity index (χ4v) is 3.21. The van der Waals surface area contributed by atoms with Gasteiger partial charge in [-0.2, -0.15) is 0 Å². The monoisotopic (exact) mass is 296 g/mol. The van der Waals surface area contributed by atoms with Crippen LogP contribution in [0.5, 0.6) is 0 Å². The van der Waals surface area contributed by atoms with E-state index in [0.29, 0.717) is 5.92 Å². The van der Waals surface area contributed by atoms with E-state index in [1.165, 1.54) is 10.6 Å². The lowest BCUT2D eigenvalue weighted by Crippen LogP contribution is -1.91. The summed E-state index contributed by atoms with van der Waals surface area (Å²) in [6, 6.07) is 3.99. The molecule has 0 unspecified atom stereocenters. The first-order valence-electron chi connectivity index (χ1n) is 5.18. The Kier molecular flexibility index (Phi) is 3.71. The van der Waals surface area contributed by atoms with Crippen molar-refractivity contribution >= 4 is 27.3 Å². The molecular weight excluding hydrogens is 284 g/mol. The molecule has 2 aromatic rings. The molecule has 0 aliphatic carbocycles. The average molecular weight is 297 g/mol. The van der Waals surface area contributed by atoms with Gasteiger partial charge >= 0.3 is 0 Å². The van der Waals surface area contributed by atoms with Crippen LogP contribution in [0.2, 0.25) is 0 Å². The van der Waals surface area contributed by atoms with Gasteiger partial charge in [0.05, 0.1) is 5.69 Å². The number of thiazole rings is 1. The van der Waals surface area contributed by atoms with Gasteiger partial charge in [-0.25, -0.2) is 4.98 Å². The Balaban J connectivity index is 2.44. The summed E-state index contributed by atoms with van der Waals surface area (Å²) in [5.41, 5.74) is 2.29. The van der Waals surface area contributed by atoms with Gasteiger partial charge in [-0.15, -0.1) is 11.3 Å². The van der Waals surface area contributed by atoms with Crippen molar-refractivity contribution in [2.45, 2.75) is 25.1 Å². The zero-order valence-corrected chi connectivity index (χ0v) is 11.7. The summed E-state index contributed by atoms with van der Waals surface area (Å²) in [5, 5.41) is 1.93. The molecule has 16 heavy (non-hydrogen) atoms. The molecule has 2 rings (SSSR count). The number of halogens is 1. The molecule has 0 aliphatic heterocycles.